The molecule has 11 rings (SSSR count). The van der Waals surface area contributed by atoms with E-state index in [2.05, 4.69) is 89.0 Å². The van der Waals surface area contributed by atoms with Crippen molar-refractivity contribution in [2.75, 3.05) is 41.7 Å². The number of likely N-dealkylation sites (tertiary alicyclic amines) is 1. The minimum absolute atomic E-state index is 0.0965. The average molecular weight is 985 g/mol. The number of piperidine rings is 2. The van der Waals surface area contributed by atoms with Gasteiger partial charge in [-0.25, -0.2) is 15.0 Å². The van der Waals surface area contributed by atoms with Crippen LogP contribution in [-0.4, -0.2) is 55.8 Å². The average Bonchev–Trinajstić information content (AvgIpc) is 3.92. The fourth-order valence-electron chi connectivity index (χ4n) is 11.9. The Morgan fingerprint density at radius 3 is 2.47 bits per heavy atom. The van der Waals surface area contributed by atoms with Crippen LogP contribution >= 0.6 is 11.3 Å². The van der Waals surface area contributed by atoms with Crippen LogP contribution in [-0.2, 0) is 32.6 Å². The molecular weight excluding hydrogens is 926 g/mol. The minimum Gasteiger partial charge on any atom is -0.363 e. The van der Waals surface area contributed by atoms with Gasteiger partial charge in [-0.15, -0.1) is 0 Å². The number of alkyl halides is 3. The summed E-state index contributed by atoms with van der Waals surface area (Å²) >= 11 is 1.58. The second kappa shape index (κ2) is 18.9. The molecule has 4 aliphatic rings. The Balaban J connectivity index is 0.720. The number of halogens is 3. The van der Waals surface area contributed by atoms with Crippen LogP contribution in [0.4, 0.5) is 29.9 Å². The molecule has 0 bridgehead atoms. The second-order valence-corrected chi connectivity index (χ2v) is 21.3. The number of allylic oxidation sites excluding steroid dienone is 2. The third-order valence-electron chi connectivity index (χ3n) is 15.4. The number of nitrogens with zero attached hydrogens (tertiary/aromatic N) is 7. The lowest BCUT2D eigenvalue weighted by Crippen LogP contribution is -2.48. The van der Waals surface area contributed by atoms with Crippen LogP contribution in [0.2, 0.25) is 0 Å². The number of hydrogen-bond acceptors (Lipinski definition) is 10. The lowest BCUT2D eigenvalue weighted by atomic mass is 9.56. The van der Waals surface area contributed by atoms with Crippen molar-refractivity contribution >= 4 is 61.1 Å². The summed E-state index contributed by atoms with van der Waals surface area (Å²) in [4.78, 5) is 19.2. The molecule has 3 aromatic carbocycles. The first-order valence-electron chi connectivity index (χ1n) is 24.9. The number of aromatic nitrogens is 5. The number of nitrogens with one attached hydrogen (secondary N) is 3. The van der Waals surface area contributed by atoms with Crippen LogP contribution in [0.3, 0.4) is 0 Å². The molecule has 1 saturated carbocycles. The van der Waals surface area contributed by atoms with Crippen molar-refractivity contribution in [1.82, 2.24) is 34.9 Å². The van der Waals surface area contributed by atoms with Crippen LogP contribution in [0.1, 0.15) is 83.6 Å². The van der Waals surface area contributed by atoms with Gasteiger partial charge in [0, 0.05) is 71.9 Å². The van der Waals surface area contributed by atoms with Crippen molar-refractivity contribution in [2.24, 2.45) is 18.4 Å². The third kappa shape index (κ3) is 9.22. The van der Waals surface area contributed by atoms with E-state index in [1.54, 1.807) is 41.7 Å². The van der Waals surface area contributed by atoms with E-state index in [4.69, 9.17) is 20.1 Å². The van der Waals surface area contributed by atoms with Crippen LogP contribution in [0.15, 0.2) is 135 Å². The van der Waals surface area contributed by atoms with E-state index < -0.39 is 11.7 Å². The topological polar surface area (TPSA) is 99.1 Å². The van der Waals surface area contributed by atoms with E-state index in [-0.39, 0.29) is 22.8 Å². The fourth-order valence-corrected chi connectivity index (χ4v) is 12.8. The van der Waals surface area contributed by atoms with Gasteiger partial charge in [0.25, 0.3) is 0 Å². The number of aryl methyl sites for hydroxylation is 1. The Hall–Kier alpha value is -7.03. The van der Waals surface area contributed by atoms with Gasteiger partial charge in [0.2, 0.25) is 0 Å². The maximum atomic E-state index is 15.3. The van der Waals surface area contributed by atoms with E-state index in [1.807, 2.05) is 42.1 Å². The van der Waals surface area contributed by atoms with Gasteiger partial charge in [0.1, 0.15) is 11.6 Å². The standard InChI is InChI=1S/C58H59F3N10S/c1-7-48-44(21-23-52(65-48)71-27-24-40-12-10-14-42(47(40)34-71)37(4)64-56-66-49-16-8-9-17-50(49)72-56)45-15-11-13-41(53(45)58(59,60)61)30-39-31-57(32-39)25-28-70(29-26-57)33-36(3)63-51-22-20-46-54(68-69(6)55(46)67-51)43-19-18-35(2)62-38(43)5/h7-17,20-23,39,43,62H,1-5,18-19,24-34H2,6H3,(H,63,67)(H,64,66). The first kappa shape index (κ1) is 47.3. The van der Waals surface area contributed by atoms with Crippen molar-refractivity contribution in [3.63, 3.8) is 0 Å². The number of fused-ring (bicyclic) bond motifs is 3. The summed E-state index contributed by atoms with van der Waals surface area (Å²) in [5.74, 6) is 1.69. The Morgan fingerprint density at radius 1 is 0.889 bits per heavy atom. The first-order valence-corrected chi connectivity index (χ1v) is 25.7. The summed E-state index contributed by atoms with van der Waals surface area (Å²) in [7, 11) is 1.92. The number of hydrogen-bond donors (Lipinski definition) is 3. The largest absolute Gasteiger partial charge is 0.417 e. The number of para-hydroxylation sites is 1. The molecule has 10 nitrogen and oxygen atoms in total. The maximum Gasteiger partial charge on any atom is 0.417 e. The Labute approximate surface area is 422 Å². The molecule has 1 spiro atoms. The van der Waals surface area contributed by atoms with Crippen LogP contribution in [0.5, 0.6) is 0 Å². The lowest BCUT2D eigenvalue weighted by molar-refractivity contribution is -0.137. The summed E-state index contributed by atoms with van der Waals surface area (Å²) in [5.41, 5.74) is 10.5. The van der Waals surface area contributed by atoms with Crippen molar-refractivity contribution in [1.29, 1.82) is 0 Å². The van der Waals surface area contributed by atoms with Crippen LogP contribution in [0, 0.1) is 11.3 Å². The highest BCUT2D eigenvalue weighted by Gasteiger charge is 2.47. The summed E-state index contributed by atoms with van der Waals surface area (Å²) in [6.07, 6.45) is 3.86. The van der Waals surface area contributed by atoms with E-state index >= 15 is 13.2 Å². The van der Waals surface area contributed by atoms with Gasteiger partial charge in [-0.05, 0) is 141 Å². The van der Waals surface area contributed by atoms with Gasteiger partial charge in [-0.1, -0.05) is 92.8 Å². The Bertz CT molecular complexity index is 3280. The maximum absolute atomic E-state index is 15.3. The summed E-state index contributed by atoms with van der Waals surface area (Å²) < 4.78 is 48.9. The normalized spacial score (nSPS) is 18.2. The lowest BCUT2D eigenvalue weighted by Gasteiger charge is -2.52. The van der Waals surface area contributed by atoms with Crippen molar-refractivity contribution in [3.05, 3.63) is 174 Å². The van der Waals surface area contributed by atoms with Gasteiger partial charge < -0.3 is 20.9 Å². The van der Waals surface area contributed by atoms with E-state index in [0.717, 1.165) is 130 Å². The number of benzene rings is 3. The van der Waals surface area contributed by atoms with E-state index in [9.17, 15) is 0 Å². The van der Waals surface area contributed by atoms with Crippen molar-refractivity contribution < 1.29 is 13.2 Å². The SMILES string of the molecule is C=Cc1nc(N2CCc3cccc(C(=C)Nc4nc5ccccc5s4)c3C2)ccc1-c1cccc(CC2CC3(CCN(CC(=C)Nc4ccc5c(C6CCC(=C)NC6=C)nn(C)c5n4)CC3)C2)c1C(F)(F)F. The molecule has 2 saturated heterocycles. The second-order valence-electron chi connectivity index (χ2n) is 20.3. The zero-order chi connectivity index (χ0) is 49.9. The Kier molecular flexibility index (Phi) is 12.4. The molecule has 368 valence electrons. The molecule has 3 N–H and O–H groups in total. The van der Waals surface area contributed by atoms with Gasteiger partial charge in [-0.3, -0.25) is 9.58 Å². The number of thiazole rings is 1. The number of anilines is 3. The quantitative estimate of drug-likeness (QED) is 0.104. The highest BCUT2D eigenvalue weighted by Crippen LogP contribution is 2.54. The molecule has 1 unspecified atom stereocenters. The zero-order valence-corrected chi connectivity index (χ0v) is 41.5. The summed E-state index contributed by atoms with van der Waals surface area (Å²) in [5, 5.41) is 16.8. The number of rotatable bonds is 13. The molecule has 7 aromatic rings. The minimum atomic E-state index is -4.55. The third-order valence-corrected chi connectivity index (χ3v) is 16.4. The first-order chi connectivity index (χ1) is 34.7. The molecule has 0 amide bonds. The number of pyridine rings is 2. The molecule has 1 atom stereocenters. The highest BCUT2D eigenvalue weighted by molar-refractivity contribution is 7.22. The Morgan fingerprint density at radius 2 is 1.69 bits per heavy atom. The van der Waals surface area contributed by atoms with Gasteiger partial charge in [0.05, 0.1) is 27.2 Å². The van der Waals surface area contributed by atoms with Gasteiger partial charge in [-0.2, -0.15) is 18.3 Å². The van der Waals surface area contributed by atoms with Crippen molar-refractivity contribution in [2.45, 2.75) is 70.0 Å². The predicted octanol–water partition coefficient (Wildman–Crippen LogP) is 13.1. The predicted molar refractivity (Wildman–Crippen MR) is 287 cm³/mol. The van der Waals surface area contributed by atoms with Crippen LogP contribution < -0.4 is 20.9 Å². The molecular formula is C58H59F3N10S. The molecule has 72 heavy (non-hydrogen) atoms. The summed E-state index contributed by atoms with van der Waals surface area (Å²) in [6.45, 7) is 24.8. The molecule has 4 aromatic heterocycles. The van der Waals surface area contributed by atoms with Crippen molar-refractivity contribution in [3.8, 4) is 11.1 Å². The molecule has 3 aliphatic heterocycles. The molecule has 3 fully saturated rings. The zero-order valence-electron chi connectivity index (χ0n) is 40.7. The fraction of sp³-hybridized carbons (Fsp3) is 0.310. The molecule has 14 heteroatoms. The highest BCUT2D eigenvalue weighted by atomic mass is 32.1. The smallest absolute Gasteiger partial charge is 0.363 e. The summed E-state index contributed by atoms with van der Waals surface area (Å²) in [6, 6.07) is 27.0. The van der Waals surface area contributed by atoms with E-state index in [1.165, 1.54) is 5.56 Å². The monoisotopic (exact) mass is 984 g/mol. The van der Waals surface area contributed by atoms with Gasteiger partial charge in [0.15, 0.2) is 10.8 Å². The van der Waals surface area contributed by atoms with Gasteiger partial charge >= 0.3 is 6.18 Å². The molecule has 0 radical (unpaired) electrons. The molecule has 1 aliphatic carbocycles. The van der Waals surface area contributed by atoms with E-state index in [0.29, 0.717) is 48.7 Å². The van der Waals surface area contributed by atoms with Crippen LogP contribution in [0.25, 0.3) is 44.1 Å². The molecule has 7 heterocycles.